The molecule has 0 saturated heterocycles. The van der Waals surface area contributed by atoms with E-state index in [4.69, 9.17) is 9.47 Å². The highest BCUT2D eigenvalue weighted by molar-refractivity contribution is 5.97. The molecular weight excluding hydrogens is 320 g/mol. The van der Waals surface area contributed by atoms with Crippen LogP contribution in [0.2, 0.25) is 0 Å². The van der Waals surface area contributed by atoms with Crippen LogP contribution < -0.4 is 14.8 Å². The van der Waals surface area contributed by atoms with Crippen LogP contribution in [0.15, 0.2) is 48.9 Å². The second kappa shape index (κ2) is 6.27. The fourth-order valence-electron chi connectivity index (χ4n) is 2.62. The molecular formula is C18H16N4O3. The molecule has 0 saturated carbocycles. The molecule has 7 heteroatoms. The molecule has 3 heterocycles. The topological polar surface area (TPSA) is 78.3 Å². The fraction of sp³-hybridized carbons (Fsp3) is 0.167. The molecule has 7 nitrogen and oxygen atoms in total. The van der Waals surface area contributed by atoms with E-state index in [1.807, 2.05) is 19.3 Å². The Hall–Kier alpha value is -3.35. The molecule has 0 fully saturated rings. The normalized spacial score (nSPS) is 13.4. The van der Waals surface area contributed by atoms with E-state index in [0.29, 0.717) is 36.0 Å². The van der Waals surface area contributed by atoms with E-state index >= 15 is 0 Å². The summed E-state index contributed by atoms with van der Waals surface area (Å²) in [5.74, 6) is 1.59. The number of ether oxygens (including phenoxy) is 2. The van der Waals surface area contributed by atoms with E-state index in [0.717, 1.165) is 11.3 Å². The maximum Gasteiger partial charge on any atom is 0.255 e. The van der Waals surface area contributed by atoms with Crippen LogP contribution in [0.4, 0.5) is 0 Å². The number of hydrogen-bond acceptors (Lipinski definition) is 5. The number of aryl methyl sites for hydroxylation is 1. The molecule has 1 aliphatic heterocycles. The zero-order chi connectivity index (χ0) is 17.2. The summed E-state index contributed by atoms with van der Waals surface area (Å²) in [6.45, 7) is 0.945. The standard InChI is InChI=1S/C18H16N4O3/c1-22-11-12(10-21-22)16-9-14(4-5-19-16)25-13-2-3-17-15(8-13)18(23)20-6-7-24-17/h2-5,8-11H,6-7H2,1H3,(H,20,23). The average molecular weight is 336 g/mol. The Bertz CT molecular complexity index is 936. The number of pyridine rings is 1. The van der Waals surface area contributed by atoms with Crippen molar-refractivity contribution in [2.75, 3.05) is 13.2 Å². The van der Waals surface area contributed by atoms with Gasteiger partial charge in [-0.2, -0.15) is 5.10 Å². The molecule has 0 bridgehead atoms. The third kappa shape index (κ3) is 3.16. The molecule has 0 aliphatic carbocycles. The van der Waals surface area contributed by atoms with Crippen molar-refractivity contribution in [1.29, 1.82) is 0 Å². The lowest BCUT2D eigenvalue weighted by molar-refractivity contribution is 0.0957. The minimum Gasteiger partial charge on any atom is -0.491 e. The molecule has 126 valence electrons. The molecule has 0 unspecified atom stereocenters. The minimum atomic E-state index is -0.163. The summed E-state index contributed by atoms with van der Waals surface area (Å²) in [6, 6.07) is 8.81. The predicted octanol–water partition coefficient (Wildman–Crippen LogP) is 2.40. The lowest BCUT2D eigenvalue weighted by atomic mass is 10.1. The molecule has 0 radical (unpaired) electrons. The van der Waals surface area contributed by atoms with E-state index in [2.05, 4.69) is 15.4 Å². The van der Waals surface area contributed by atoms with Crippen LogP contribution in [0.3, 0.4) is 0 Å². The number of amides is 1. The Morgan fingerprint density at radius 2 is 2.12 bits per heavy atom. The van der Waals surface area contributed by atoms with Crippen LogP contribution in [-0.4, -0.2) is 33.8 Å². The molecule has 3 aromatic rings. The van der Waals surface area contributed by atoms with Gasteiger partial charge in [-0.1, -0.05) is 0 Å². The van der Waals surface area contributed by atoms with E-state index < -0.39 is 0 Å². The van der Waals surface area contributed by atoms with Gasteiger partial charge in [0.15, 0.2) is 0 Å². The first-order valence-electron chi connectivity index (χ1n) is 7.87. The van der Waals surface area contributed by atoms with Gasteiger partial charge < -0.3 is 14.8 Å². The van der Waals surface area contributed by atoms with Gasteiger partial charge in [-0.15, -0.1) is 0 Å². The van der Waals surface area contributed by atoms with Gasteiger partial charge >= 0.3 is 0 Å². The summed E-state index contributed by atoms with van der Waals surface area (Å²) in [4.78, 5) is 16.4. The Morgan fingerprint density at radius 3 is 2.96 bits per heavy atom. The van der Waals surface area contributed by atoms with E-state index in [1.165, 1.54) is 0 Å². The number of fused-ring (bicyclic) bond motifs is 1. The molecule has 0 atom stereocenters. The van der Waals surface area contributed by atoms with Gasteiger partial charge in [0.05, 0.1) is 24.0 Å². The summed E-state index contributed by atoms with van der Waals surface area (Å²) < 4.78 is 13.2. The minimum absolute atomic E-state index is 0.163. The lowest BCUT2D eigenvalue weighted by Gasteiger charge is -2.10. The number of rotatable bonds is 3. The molecule has 2 aromatic heterocycles. The summed E-state index contributed by atoms with van der Waals surface area (Å²) in [7, 11) is 1.85. The molecule has 0 spiro atoms. The van der Waals surface area contributed by atoms with Crippen molar-refractivity contribution in [3.05, 3.63) is 54.5 Å². The van der Waals surface area contributed by atoms with Gasteiger partial charge in [-0.3, -0.25) is 14.5 Å². The Balaban J connectivity index is 1.61. The highest BCUT2D eigenvalue weighted by atomic mass is 16.5. The summed E-state index contributed by atoms with van der Waals surface area (Å²) in [5.41, 5.74) is 2.14. The van der Waals surface area contributed by atoms with Crippen molar-refractivity contribution >= 4 is 5.91 Å². The van der Waals surface area contributed by atoms with E-state index in [1.54, 1.807) is 41.3 Å². The Kier molecular flexibility index (Phi) is 3.81. The average Bonchev–Trinajstić information content (AvgIpc) is 2.97. The summed E-state index contributed by atoms with van der Waals surface area (Å²) >= 11 is 0. The van der Waals surface area contributed by atoms with Crippen molar-refractivity contribution in [3.63, 3.8) is 0 Å². The number of aromatic nitrogens is 3. The van der Waals surface area contributed by atoms with E-state index in [9.17, 15) is 4.79 Å². The smallest absolute Gasteiger partial charge is 0.255 e. The van der Waals surface area contributed by atoms with Crippen molar-refractivity contribution in [1.82, 2.24) is 20.1 Å². The van der Waals surface area contributed by atoms with E-state index in [-0.39, 0.29) is 5.91 Å². The molecule has 1 aromatic carbocycles. The van der Waals surface area contributed by atoms with Crippen molar-refractivity contribution < 1.29 is 14.3 Å². The third-order valence-electron chi connectivity index (χ3n) is 3.81. The van der Waals surface area contributed by atoms with Crippen LogP contribution in [0, 0.1) is 0 Å². The maximum atomic E-state index is 12.1. The van der Waals surface area contributed by atoms with Crippen molar-refractivity contribution in [3.8, 4) is 28.5 Å². The first-order chi connectivity index (χ1) is 12.2. The van der Waals surface area contributed by atoms with Crippen LogP contribution in [0.5, 0.6) is 17.2 Å². The van der Waals surface area contributed by atoms with Crippen LogP contribution >= 0.6 is 0 Å². The van der Waals surface area contributed by atoms with Gasteiger partial charge in [0.1, 0.15) is 23.9 Å². The van der Waals surface area contributed by atoms with Gasteiger partial charge in [-0.05, 0) is 24.3 Å². The Morgan fingerprint density at radius 1 is 1.24 bits per heavy atom. The number of benzene rings is 1. The van der Waals surface area contributed by atoms with Gasteiger partial charge in [-0.25, -0.2) is 0 Å². The van der Waals surface area contributed by atoms with Crippen LogP contribution in [-0.2, 0) is 7.05 Å². The SMILES string of the molecule is Cn1cc(-c2cc(Oc3ccc4c(c3)C(=O)NCCO4)ccn2)cn1. The number of carbonyl (C=O) groups excluding carboxylic acids is 1. The van der Waals surface area contributed by atoms with Gasteiger partial charge in [0.25, 0.3) is 5.91 Å². The van der Waals surface area contributed by atoms with Crippen molar-refractivity contribution in [2.45, 2.75) is 0 Å². The number of nitrogens with one attached hydrogen (secondary N) is 1. The Labute approximate surface area is 144 Å². The third-order valence-corrected chi connectivity index (χ3v) is 3.81. The molecule has 1 amide bonds. The highest BCUT2D eigenvalue weighted by Gasteiger charge is 2.17. The first-order valence-corrected chi connectivity index (χ1v) is 7.87. The second-order valence-corrected chi connectivity index (χ2v) is 5.64. The van der Waals surface area contributed by atoms with Crippen LogP contribution in [0.1, 0.15) is 10.4 Å². The van der Waals surface area contributed by atoms with Gasteiger partial charge in [0, 0.05) is 31.1 Å². The highest BCUT2D eigenvalue weighted by Crippen LogP contribution is 2.30. The number of carbonyl (C=O) groups is 1. The monoisotopic (exact) mass is 336 g/mol. The quantitative estimate of drug-likeness (QED) is 0.794. The zero-order valence-corrected chi connectivity index (χ0v) is 13.6. The number of nitrogens with zero attached hydrogens (tertiary/aromatic N) is 3. The second-order valence-electron chi connectivity index (χ2n) is 5.64. The fourth-order valence-corrected chi connectivity index (χ4v) is 2.62. The van der Waals surface area contributed by atoms with Crippen molar-refractivity contribution in [2.24, 2.45) is 7.05 Å². The molecule has 25 heavy (non-hydrogen) atoms. The molecule has 1 N–H and O–H groups in total. The molecule has 1 aliphatic rings. The van der Waals surface area contributed by atoms with Crippen LogP contribution in [0.25, 0.3) is 11.3 Å². The molecule has 4 rings (SSSR count). The first kappa shape index (κ1) is 15.2. The zero-order valence-electron chi connectivity index (χ0n) is 13.6. The summed E-state index contributed by atoms with van der Waals surface area (Å²) in [6.07, 6.45) is 5.31. The predicted molar refractivity (Wildman–Crippen MR) is 90.8 cm³/mol. The largest absolute Gasteiger partial charge is 0.491 e. The lowest BCUT2D eigenvalue weighted by Crippen LogP contribution is -2.24. The van der Waals surface area contributed by atoms with Gasteiger partial charge in [0.2, 0.25) is 0 Å². The number of hydrogen-bond donors (Lipinski definition) is 1. The maximum absolute atomic E-state index is 12.1. The summed E-state index contributed by atoms with van der Waals surface area (Å²) in [5, 5.41) is 6.94.